The van der Waals surface area contributed by atoms with E-state index in [-0.39, 0.29) is 6.42 Å². The average molecular weight is 364 g/mol. The summed E-state index contributed by atoms with van der Waals surface area (Å²) >= 11 is 0. The molecule has 2 fully saturated rings. The van der Waals surface area contributed by atoms with E-state index >= 15 is 0 Å². The Morgan fingerprint density at radius 1 is 1.04 bits per heavy atom. The minimum Gasteiger partial charge on any atom is -0.472 e. The monoisotopic (exact) mass is 364 g/mol. The fourth-order valence-electron chi connectivity index (χ4n) is 3.81. The summed E-state index contributed by atoms with van der Waals surface area (Å²) < 4.78 is 16.1. The van der Waals surface area contributed by atoms with Crippen molar-refractivity contribution in [2.24, 2.45) is 11.8 Å². The Kier molecular flexibility index (Phi) is 5.36. The Bertz CT molecular complexity index is 499. The maximum absolute atomic E-state index is 10.6. The number of aliphatic hydroxyl groups excluding tert-OH is 6. The largest absolute Gasteiger partial charge is 0.472 e. The highest BCUT2D eigenvalue weighted by atomic mass is 16.8. The Morgan fingerprint density at radius 3 is 2.40 bits per heavy atom. The van der Waals surface area contributed by atoms with Gasteiger partial charge in [0.2, 0.25) is 6.29 Å². The normalized spacial score (nSPS) is 52.7. The van der Waals surface area contributed by atoms with Gasteiger partial charge >= 0.3 is 0 Å². The molecule has 3 rings (SSSR count). The molecular weight excluding hydrogens is 340 g/mol. The smallest absolute Gasteiger partial charge is 0.208 e. The van der Waals surface area contributed by atoms with Gasteiger partial charge in [-0.25, -0.2) is 0 Å². The fraction of sp³-hybridized carbons (Fsp3) is 0.867. The van der Waals surface area contributed by atoms with Crippen LogP contribution in [0.3, 0.4) is 0 Å². The first kappa shape index (κ1) is 19.0. The lowest BCUT2D eigenvalue weighted by Gasteiger charge is -2.43. The van der Waals surface area contributed by atoms with Gasteiger partial charge in [-0.3, -0.25) is 0 Å². The van der Waals surface area contributed by atoms with Crippen molar-refractivity contribution in [1.82, 2.24) is 0 Å². The number of fused-ring (bicyclic) bond motifs is 1. The molecule has 0 bridgehead atoms. The molecule has 10 heteroatoms. The number of rotatable bonds is 4. The van der Waals surface area contributed by atoms with Crippen LogP contribution in [-0.4, -0.2) is 97.7 Å². The van der Waals surface area contributed by atoms with E-state index in [1.165, 1.54) is 6.26 Å². The predicted octanol–water partition coefficient (Wildman–Crippen LogP) is -3.61. The maximum Gasteiger partial charge on any atom is 0.208 e. The molecule has 3 aliphatic rings. The molecule has 1 aliphatic carbocycles. The molecule has 0 unspecified atom stereocenters. The van der Waals surface area contributed by atoms with E-state index < -0.39 is 73.8 Å². The summed E-state index contributed by atoms with van der Waals surface area (Å²) in [5.41, 5.74) is -1.66. The summed E-state index contributed by atoms with van der Waals surface area (Å²) in [6.07, 6.45) is -6.72. The van der Waals surface area contributed by atoms with Crippen LogP contribution in [0.5, 0.6) is 0 Å². The lowest BCUT2D eigenvalue weighted by molar-refractivity contribution is -0.347. The molecule has 0 aromatic carbocycles. The van der Waals surface area contributed by atoms with E-state index in [2.05, 4.69) is 0 Å². The predicted molar refractivity (Wildman–Crippen MR) is 78.5 cm³/mol. The molecule has 10 atom stereocenters. The quantitative estimate of drug-likeness (QED) is 0.264. The number of aliphatic hydroxyl groups is 7. The average Bonchev–Trinajstić information content (AvgIpc) is 2.88. The van der Waals surface area contributed by atoms with Gasteiger partial charge in [-0.2, -0.15) is 0 Å². The summed E-state index contributed by atoms with van der Waals surface area (Å²) in [6, 6.07) is 0. The zero-order valence-corrected chi connectivity index (χ0v) is 13.3. The van der Waals surface area contributed by atoms with E-state index in [4.69, 9.17) is 14.2 Å². The maximum atomic E-state index is 10.6. The minimum absolute atomic E-state index is 0.0823. The molecule has 144 valence electrons. The first-order valence-electron chi connectivity index (χ1n) is 8.12. The third-order valence-corrected chi connectivity index (χ3v) is 5.24. The van der Waals surface area contributed by atoms with Crippen LogP contribution in [0.2, 0.25) is 0 Å². The van der Waals surface area contributed by atoms with E-state index in [0.29, 0.717) is 0 Å². The molecular formula is C15H24O10. The number of hydrogen-bond donors (Lipinski definition) is 7. The van der Waals surface area contributed by atoms with Crippen molar-refractivity contribution in [3.63, 3.8) is 0 Å². The van der Waals surface area contributed by atoms with Crippen molar-refractivity contribution in [2.75, 3.05) is 13.2 Å². The van der Waals surface area contributed by atoms with Crippen LogP contribution >= 0.6 is 0 Å². The minimum atomic E-state index is -1.66. The van der Waals surface area contributed by atoms with E-state index in [0.717, 1.165) is 0 Å². The highest BCUT2D eigenvalue weighted by Crippen LogP contribution is 2.46. The van der Waals surface area contributed by atoms with Gasteiger partial charge in [-0.15, -0.1) is 0 Å². The molecule has 0 radical (unpaired) electrons. The van der Waals surface area contributed by atoms with Crippen LogP contribution in [0.25, 0.3) is 0 Å². The summed E-state index contributed by atoms with van der Waals surface area (Å²) in [7, 11) is 0. The van der Waals surface area contributed by atoms with Gasteiger partial charge in [0.05, 0.1) is 37.1 Å². The second-order valence-electron chi connectivity index (χ2n) is 6.80. The molecule has 2 heterocycles. The molecule has 1 saturated heterocycles. The first-order chi connectivity index (χ1) is 11.8. The van der Waals surface area contributed by atoms with Crippen molar-refractivity contribution in [2.45, 2.75) is 55.1 Å². The third kappa shape index (κ3) is 3.18. The Morgan fingerprint density at radius 2 is 1.76 bits per heavy atom. The molecule has 10 nitrogen and oxygen atoms in total. The second-order valence-corrected chi connectivity index (χ2v) is 6.80. The van der Waals surface area contributed by atoms with E-state index in [9.17, 15) is 35.7 Å². The van der Waals surface area contributed by atoms with Crippen molar-refractivity contribution >= 4 is 0 Å². The lowest BCUT2D eigenvalue weighted by atomic mass is 9.84. The highest BCUT2D eigenvalue weighted by molar-refractivity contribution is 5.11. The van der Waals surface area contributed by atoms with Crippen LogP contribution in [0.15, 0.2) is 12.3 Å². The van der Waals surface area contributed by atoms with E-state index in [1.54, 1.807) is 6.08 Å². The van der Waals surface area contributed by atoms with Gasteiger partial charge in [0.25, 0.3) is 0 Å². The van der Waals surface area contributed by atoms with Crippen molar-refractivity contribution in [3.8, 4) is 0 Å². The zero-order chi connectivity index (χ0) is 18.4. The summed E-state index contributed by atoms with van der Waals surface area (Å²) in [5.74, 6) is -1.38. The molecule has 0 aromatic rings. The molecule has 2 aliphatic heterocycles. The fourth-order valence-corrected chi connectivity index (χ4v) is 3.81. The van der Waals surface area contributed by atoms with Crippen LogP contribution in [0, 0.1) is 11.8 Å². The van der Waals surface area contributed by atoms with Gasteiger partial charge in [-0.1, -0.05) is 0 Å². The van der Waals surface area contributed by atoms with Gasteiger partial charge < -0.3 is 50.0 Å². The summed E-state index contributed by atoms with van der Waals surface area (Å²) in [6.45, 7) is -1.24. The Balaban J connectivity index is 1.78. The SMILES string of the molecule is OC[C@H]1O[C@@H](O[C@@H]2OC=C[C@@H]3[C@H]2[C@](O)(CO)C[C@H]3O)[C@H](O)[C@@H](O)[C@@H]1O. The molecule has 7 N–H and O–H groups in total. The third-order valence-electron chi connectivity index (χ3n) is 5.24. The topological polar surface area (TPSA) is 169 Å². The standard InChI is InChI=1S/C15H24O10/c16-4-8-10(19)11(20)12(21)14(24-8)25-13-9-6(1-2-23-13)7(18)3-15(9,22)5-17/h1-2,6-14,16-22H,3-5H2/t6-,7+,8+,9+,10+,11-,12+,13-,14-,15+/m0/s1. The number of hydrogen-bond acceptors (Lipinski definition) is 10. The van der Waals surface area contributed by atoms with Gasteiger partial charge in [0.1, 0.15) is 24.4 Å². The van der Waals surface area contributed by atoms with Crippen molar-refractivity contribution < 1.29 is 50.0 Å². The van der Waals surface area contributed by atoms with Crippen LogP contribution < -0.4 is 0 Å². The van der Waals surface area contributed by atoms with Gasteiger partial charge in [0, 0.05) is 12.3 Å². The van der Waals surface area contributed by atoms with Crippen LogP contribution in [-0.2, 0) is 14.2 Å². The highest BCUT2D eigenvalue weighted by Gasteiger charge is 2.58. The first-order valence-corrected chi connectivity index (χ1v) is 8.12. The van der Waals surface area contributed by atoms with Gasteiger partial charge in [-0.05, 0) is 6.08 Å². The molecule has 0 spiro atoms. The molecule has 0 aromatic heterocycles. The van der Waals surface area contributed by atoms with Crippen LogP contribution in [0.4, 0.5) is 0 Å². The van der Waals surface area contributed by atoms with Gasteiger partial charge in [0.15, 0.2) is 6.29 Å². The number of ether oxygens (including phenoxy) is 3. The van der Waals surface area contributed by atoms with Crippen LogP contribution in [0.1, 0.15) is 6.42 Å². The van der Waals surface area contributed by atoms with Crippen molar-refractivity contribution in [1.29, 1.82) is 0 Å². The second kappa shape index (κ2) is 7.06. The van der Waals surface area contributed by atoms with E-state index in [1.807, 2.05) is 0 Å². The lowest BCUT2D eigenvalue weighted by Crippen LogP contribution is -2.60. The molecule has 1 saturated carbocycles. The Labute approximate surface area is 143 Å². The summed E-state index contributed by atoms with van der Waals surface area (Å²) in [5, 5.41) is 69.1. The molecule has 0 amide bonds. The van der Waals surface area contributed by atoms with Crippen molar-refractivity contribution in [3.05, 3.63) is 12.3 Å². The Hall–Kier alpha value is -0.820. The zero-order valence-electron chi connectivity index (χ0n) is 13.3. The molecule has 25 heavy (non-hydrogen) atoms. The summed E-state index contributed by atoms with van der Waals surface area (Å²) in [4.78, 5) is 0.